The van der Waals surface area contributed by atoms with E-state index in [4.69, 9.17) is 14.2 Å². The monoisotopic (exact) mass is 417 g/mol. The fourth-order valence-corrected chi connectivity index (χ4v) is 3.56. The summed E-state index contributed by atoms with van der Waals surface area (Å²) in [5.74, 6) is 2.27. The molecule has 31 heavy (non-hydrogen) atoms. The third-order valence-electron chi connectivity index (χ3n) is 5.22. The molecule has 0 radical (unpaired) electrons. The highest BCUT2D eigenvalue weighted by atomic mass is 16.5. The molecule has 0 atom stereocenters. The molecule has 0 aliphatic rings. The predicted octanol–water partition coefficient (Wildman–Crippen LogP) is 4.85. The Bertz CT molecular complexity index is 1180. The lowest BCUT2D eigenvalue weighted by Crippen LogP contribution is -2.19. The van der Waals surface area contributed by atoms with Crippen molar-refractivity contribution in [2.24, 2.45) is 0 Å². The van der Waals surface area contributed by atoms with Crippen LogP contribution in [0, 0.1) is 0 Å². The summed E-state index contributed by atoms with van der Waals surface area (Å²) in [6.45, 7) is 1.44. The van der Waals surface area contributed by atoms with E-state index >= 15 is 0 Å². The van der Waals surface area contributed by atoms with Crippen molar-refractivity contribution in [3.63, 3.8) is 0 Å². The second-order valence-corrected chi connectivity index (χ2v) is 7.54. The second-order valence-electron chi connectivity index (χ2n) is 7.54. The Morgan fingerprint density at radius 2 is 1.68 bits per heavy atom. The summed E-state index contributed by atoms with van der Waals surface area (Å²) in [7, 11) is 7.39. The molecule has 0 fully saturated rings. The average Bonchev–Trinajstić information content (AvgIpc) is 3.22. The number of H-pyrrole nitrogens is 1. The van der Waals surface area contributed by atoms with Gasteiger partial charge in [-0.1, -0.05) is 24.3 Å². The summed E-state index contributed by atoms with van der Waals surface area (Å²) < 4.78 is 17.0. The summed E-state index contributed by atoms with van der Waals surface area (Å²) in [4.78, 5) is 9.98. The van der Waals surface area contributed by atoms with Gasteiger partial charge in [-0.15, -0.1) is 0 Å². The van der Waals surface area contributed by atoms with Crippen LogP contribution in [0.5, 0.6) is 17.2 Å². The molecule has 6 heteroatoms. The fourth-order valence-electron chi connectivity index (χ4n) is 3.56. The lowest BCUT2D eigenvalue weighted by Gasteiger charge is -2.14. The highest BCUT2D eigenvalue weighted by Crippen LogP contribution is 2.37. The van der Waals surface area contributed by atoms with Crippen molar-refractivity contribution in [2.45, 2.75) is 0 Å². The minimum atomic E-state index is 0.599. The Hall–Kier alpha value is -3.51. The Kier molecular flexibility index (Phi) is 6.09. The number of ether oxygens (including phenoxy) is 3. The van der Waals surface area contributed by atoms with Crippen LogP contribution in [-0.4, -0.2) is 56.3 Å². The highest BCUT2D eigenvalue weighted by Gasteiger charge is 2.14. The van der Waals surface area contributed by atoms with Crippen molar-refractivity contribution in [1.82, 2.24) is 14.9 Å². The largest absolute Gasteiger partial charge is 0.496 e. The molecule has 0 unspecified atom stereocenters. The number of aromatic amines is 1. The van der Waals surface area contributed by atoms with Crippen LogP contribution in [0.15, 0.2) is 60.9 Å². The first-order valence-corrected chi connectivity index (χ1v) is 10.2. The van der Waals surface area contributed by atoms with Crippen molar-refractivity contribution in [3.8, 4) is 39.5 Å². The van der Waals surface area contributed by atoms with Gasteiger partial charge in [0.15, 0.2) is 11.5 Å². The molecule has 0 aliphatic heterocycles. The number of pyridine rings is 1. The number of hydrogen-bond acceptors (Lipinski definition) is 5. The molecule has 1 N–H and O–H groups in total. The topological polar surface area (TPSA) is 59.6 Å². The number of benzene rings is 2. The summed E-state index contributed by atoms with van der Waals surface area (Å²) >= 11 is 0. The Balaban J connectivity index is 1.70. The van der Waals surface area contributed by atoms with Gasteiger partial charge >= 0.3 is 0 Å². The summed E-state index contributed by atoms with van der Waals surface area (Å²) in [5.41, 5.74) is 4.93. The number of rotatable bonds is 8. The maximum atomic E-state index is 5.89. The van der Waals surface area contributed by atoms with Gasteiger partial charge in [0.2, 0.25) is 0 Å². The van der Waals surface area contributed by atoms with Gasteiger partial charge < -0.3 is 24.1 Å². The smallest absolute Gasteiger partial charge is 0.161 e. The zero-order valence-electron chi connectivity index (χ0n) is 18.3. The molecule has 0 amide bonds. The van der Waals surface area contributed by atoms with Crippen LogP contribution in [0.1, 0.15) is 0 Å². The van der Waals surface area contributed by atoms with Crippen LogP contribution in [0.3, 0.4) is 0 Å². The van der Waals surface area contributed by atoms with E-state index in [1.54, 1.807) is 14.2 Å². The van der Waals surface area contributed by atoms with Crippen LogP contribution in [0.25, 0.3) is 33.3 Å². The van der Waals surface area contributed by atoms with Crippen LogP contribution >= 0.6 is 0 Å². The van der Waals surface area contributed by atoms with E-state index in [9.17, 15) is 0 Å². The molecule has 0 aliphatic carbocycles. The van der Waals surface area contributed by atoms with E-state index in [0.29, 0.717) is 12.4 Å². The number of methoxy groups -OCH3 is 2. The van der Waals surface area contributed by atoms with Crippen LogP contribution in [0.2, 0.25) is 0 Å². The molecule has 6 nitrogen and oxygen atoms in total. The molecule has 0 saturated heterocycles. The second kappa shape index (κ2) is 9.10. The predicted molar refractivity (Wildman–Crippen MR) is 124 cm³/mol. The van der Waals surface area contributed by atoms with E-state index in [0.717, 1.165) is 51.3 Å². The number of fused-ring (bicyclic) bond motifs is 1. The van der Waals surface area contributed by atoms with Gasteiger partial charge in [0, 0.05) is 41.0 Å². The Labute approximate surface area is 182 Å². The number of nitrogens with zero attached hydrogens (tertiary/aromatic N) is 2. The number of para-hydroxylation sites is 1. The molecule has 4 rings (SSSR count). The van der Waals surface area contributed by atoms with E-state index in [-0.39, 0.29) is 0 Å². The first-order chi connectivity index (χ1) is 15.1. The minimum Gasteiger partial charge on any atom is -0.496 e. The molecular weight excluding hydrogens is 390 g/mol. The summed E-state index contributed by atoms with van der Waals surface area (Å²) in [6.07, 6.45) is 3.84. The van der Waals surface area contributed by atoms with Gasteiger partial charge in [-0.25, -0.2) is 4.98 Å². The van der Waals surface area contributed by atoms with Crippen molar-refractivity contribution >= 4 is 11.0 Å². The molecule has 2 aromatic carbocycles. The van der Waals surface area contributed by atoms with Crippen LogP contribution < -0.4 is 14.2 Å². The molecule has 0 saturated carbocycles. The fraction of sp³-hybridized carbons (Fsp3) is 0.240. The van der Waals surface area contributed by atoms with Crippen molar-refractivity contribution in [3.05, 3.63) is 60.9 Å². The third-order valence-corrected chi connectivity index (χ3v) is 5.22. The van der Waals surface area contributed by atoms with Crippen molar-refractivity contribution in [1.29, 1.82) is 0 Å². The van der Waals surface area contributed by atoms with Gasteiger partial charge in [-0.05, 0) is 43.9 Å². The van der Waals surface area contributed by atoms with Gasteiger partial charge in [-0.2, -0.15) is 0 Å². The van der Waals surface area contributed by atoms with Crippen LogP contribution in [-0.2, 0) is 0 Å². The third kappa shape index (κ3) is 4.34. The van der Waals surface area contributed by atoms with Gasteiger partial charge in [0.05, 0.1) is 14.2 Å². The summed E-state index contributed by atoms with van der Waals surface area (Å²) in [5, 5.41) is 1.03. The van der Waals surface area contributed by atoms with Gasteiger partial charge in [0.25, 0.3) is 0 Å². The lowest BCUT2D eigenvalue weighted by molar-refractivity contribution is 0.251. The first-order valence-electron chi connectivity index (χ1n) is 10.2. The molecule has 0 bridgehead atoms. The number of hydrogen-bond donors (Lipinski definition) is 1. The van der Waals surface area contributed by atoms with E-state index in [1.165, 1.54) is 0 Å². The SMILES string of the molecule is COc1cc(-c2cnc3[nH]cc(-c4ccccc4OC)c3c2)ccc1OCCN(C)C. The number of likely N-dealkylation sites (N-methyl/N-ethyl adjacent to an activating group) is 1. The molecule has 2 aromatic heterocycles. The maximum Gasteiger partial charge on any atom is 0.161 e. The number of aromatic nitrogens is 2. The standard InChI is InChI=1S/C25H27N3O3/c1-28(2)11-12-31-23-10-9-17(14-24(23)30-4)18-13-20-21(16-27-25(20)26-15-18)19-7-5-6-8-22(19)29-3/h5-10,13-16H,11-12H2,1-4H3,(H,26,27). The van der Waals surface area contributed by atoms with Crippen LogP contribution in [0.4, 0.5) is 0 Å². The Morgan fingerprint density at radius 3 is 2.45 bits per heavy atom. The van der Waals surface area contributed by atoms with E-state index < -0.39 is 0 Å². The van der Waals surface area contributed by atoms with E-state index in [1.807, 2.05) is 62.9 Å². The van der Waals surface area contributed by atoms with Crippen molar-refractivity contribution < 1.29 is 14.2 Å². The lowest BCUT2D eigenvalue weighted by atomic mass is 10.0. The zero-order valence-corrected chi connectivity index (χ0v) is 18.3. The average molecular weight is 418 g/mol. The van der Waals surface area contributed by atoms with Crippen molar-refractivity contribution in [2.75, 3.05) is 41.5 Å². The molecule has 4 aromatic rings. The summed E-state index contributed by atoms with van der Waals surface area (Å²) in [6, 6.07) is 16.1. The first kappa shape index (κ1) is 20.8. The zero-order chi connectivity index (χ0) is 21.8. The molecule has 160 valence electrons. The maximum absolute atomic E-state index is 5.89. The highest BCUT2D eigenvalue weighted by molar-refractivity contribution is 5.97. The molecular formula is C25H27N3O3. The molecule has 2 heterocycles. The van der Waals surface area contributed by atoms with Gasteiger partial charge in [-0.3, -0.25) is 0 Å². The quantitative estimate of drug-likeness (QED) is 0.444. The van der Waals surface area contributed by atoms with E-state index in [2.05, 4.69) is 27.0 Å². The van der Waals surface area contributed by atoms with Gasteiger partial charge in [0.1, 0.15) is 18.0 Å². The number of nitrogens with one attached hydrogen (secondary N) is 1. The normalized spacial score (nSPS) is 11.1. The Morgan fingerprint density at radius 1 is 0.871 bits per heavy atom. The minimum absolute atomic E-state index is 0.599. The molecule has 0 spiro atoms.